The number of nitrogens with one attached hydrogen (secondary N) is 2. The maximum absolute atomic E-state index is 13.2. The van der Waals surface area contributed by atoms with Crippen molar-refractivity contribution in [2.45, 2.75) is 50.7 Å². The predicted octanol–water partition coefficient (Wildman–Crippen LogP) is 2.93. The number of carbonyl (C=O) groups excluding carboxylic acids is 1. The highest BCUT2D eigenvalue weighted by molar-refractivity contribution is 5.78. The first-order valence-corrected chi connectivity index (χ1v) is 12.7. The molecule has 1 aliphatic carbocycles. The van der Waals surface area contributed by atoms with E-state index >= 15 is 0 Å². The monoisotopic (exact) mass is 491 g/mol. The van der Waals surface area contributed by atoms with Crippen molar-refractivity contribution in [3.05, 3.63) is 70.4 Å². The summed E-state index contributed by atoms with van der Waals surface area (Å²) in [6.07, 6.45) is 5.60. The van der Waals surface area contributed by atoms with Crippen LogP contribution < -0.4 is 20.1 Å². The third kappa shape index (κ3) is 5.56. The fourth-order valence-corrected chi connectivity index (χ4v) is 5.25. The maximum atomic E-state index is 13.2. The molecule has 1 aromatic heterocycles. The highest BCUT2D eigenvalue weighted by Gasteiger charge is 2.31. The molecule has 0 unspecified atom stereocenters. The van der Waals surface area contributed by atoms with Gasteiger partial charge in [-0.3, -0.25) is 9.78 Å². The molecule has 2 heterocycles. The lowest BCUT2D eigenvalue weighted by molar-refractivity contribution is -0.133. The number of ether oxygens (including phenoxy) is 2. The molecule has 0 radical (unpaired) electrons. The lowest BCUT2D eigenvalue weighted by Crippen LogP contribution is -2.56. The Bertz CT molecular complexity index is 1220. The van der Waals surface area contributed by atoms with Crippen LogP contribution in [0, 0.1) is 0 Å². The van der Waals surface area contributed by atoms with Crippen molar-refractivity contribution in [3.8, 4) is 11.5 Å². The van der Waals surface area contributed by atoms with Gasteiger partial charge in [0.1, 0.15) is 5.82 Å². The summed E-state index contributed by atoms with van der Waals surface area (Å²) >= 11 is 0. The SMILES string of the molecule is COc1ccc(N2CCN(C(=O)Cc3n[nH]c(=O)[nH]3)[C@@H](Cc3ccccc3)C2)cc1OC1CCCC1. The number of piperazine rings is 1. The number of nitrogens with zero attached hydrogens (tertiary/aromatic N) is 3. The van der Waals surface area contributed by atoms with E-state index in [0.717, 1.165) is 36.4 Å². The van der Waals surface area contributed by atoms with E-state index in [0.29, 0.717) is 25.5 Å². The van der Waals surface area contributed by atoms with E-state index in [2.05, 4.69) is 44.3 Å². The topological polar surface area (TPSA) is 104 Å². The Morgan fingerprint density at radius 1 is 1.08 bits per heavy atom. The quantitative estimate of drug-likeness (QED) is 0.502. The molecule has 2 aliphatic rings. The number of rotatable bonds is 8. The van der Waals surface area contributed by atoms with E-state index < -0.39 is 5.69 Å². The first kappa shape index (κ1) is 24.0. The maximum Gasteiger partial charge on any atom is 0.340 e. The Hall–Kier alpha value is -3.75. The average molecular weight is 492 g/mol. The zero-order valence-corrected chi connectivity index (χ0v) is 20.6. The van der Waals surface area contributed by atoms with Gasteiger partial charge in [0.05, 0.1) is 25.7 Å². The zero-order valence-electron chi connectivity index (χ0n) is 20.6. The zero-order chi connectivity index (χ0) is 24.9. The van der Waals surface area contributed by atoms with Crippen LogP contribution in [0.25, 0.3) is 0 Å². The van der Waals surface area contributed by atoms with E-state index in [1.54, 1.807) is 7.11 Å². The molecule has 9 nitrogen and oxygen atoms in total. The molecule has 2 N–H and O–H groups in total. The van der Waals surface area contributed by atoms with Crippen molar-refractivity contribution < 1.29 is 14.3 Å². The second-order valence-corrected chi connectivity index (χ2v) is 9.54. The minimum atomic E-state index is -0.404. The molecule has 2 fully saturated rings. The lowest BCUT2D eigenvalue weighted by atomic mass is 10.0. The molecule has 9 heteroatoms. The Morgan fingerprint density at radius 3 is 2.61 bits per heavy atom. The molecule has 0 bridgehead atoms. The first-order chi connectivity index (χ1) is 17.6. The smallest absolute Gasteiger partial charge is 0.340 e. The molecule has 1 aliphatic heterocycles. The summed E-state index contributed by atoms with van der Waals surface area (Å²) in [4.78, 5) is 31.5. The van der Waals surface area contributed by atoms with Crippen LogP contribution in [0.5, 0.6) is 11.5 Å². The van der Waals surface area contributed by atoms with Crippen molar-refractivity contribution in [3.63, 3.8) is 0 Å². The van der Waals surface area contributed by atoms with Crippen molar-refractivity contribution in [1.82, 2.24) is 20.1 Å². The minimum Gasteiger partial charge on any atom is -0.493 e. The van der Waals surface area contributed by atoms with Crippen LogP contribution in [0.4, 0.5) is 5.69 Å². The molecule has 2 aromatic carbocycles. The number of amides is 1. The first-order valence-electron chi connectivity index (χ1n) is 12.7. The predicted molar refractivity (Wildman–Crippen MR) is 137 cm³/mol. The average Bonchev–Trinajstić information content (AvgIpc) is 3.56. The minimum absolute atomic E-state index is 0.0272. The van der Waals surface area contributed by atoms with Crippen LogP contribution >= 0.6 is 0 Å². The van der Waals surface area contributed by atoms with Crippen molar-refractivity contribution in [2.75, 3.05) is 31.6 Å². The fraction of sp³-hybridized carbons (Fsp3) is 0.444. The number of anilines is 1. The number of carbonyl (C=O) groups is 1. The molecule has 1 saturated heterocycles. The van der Waals surface area contributed by atoms with E-state index in [1.807, 2.05) is 29.2 Å². The van der Waals surface area contributed by atoms with Crippen LogP contribution in [0.1, 0.15) is 37.1 Å². The van der Waals surface area contributed by atoms with Gasteiger partial charge in [-0.1, -0.05) is 30.3 Å². The number of methoxy groups -OCH3 is 1. The molecular weight excluding hydrogens is 458 g/mol. The molecule has 1 saturated carbocycles. The summed E-state index contributed by atoms with van der Waals surface area (Å²) in [5, 5.41) is 6.25. The third-order valence-corrected chi connectivity index (χ3v) is 7.09. The van der Waals surface area contributed by atoms with Gasteiger partial charge in [0.2, 0.25) is 5.91 Å². The number of benzene rings is 2. The van der Waals surface area contributed by atoms with Crippen molar-refractivity contribution in [2.24, 2.45) is 0 Å². The van der Waals surface area contributed by atoms with E-state index in [-0.39, 0.29) is 24.5 Å². The molecular formula is C27H33N5O4. The molecule has 36 heavy (non-hydrogen) atoms. The standard InChI is InChI=1S/C27H33N5O4/c1-35-23-12-11-20(16-24(23)36-22-9-5-6-10-22)31-13-14-32(26(33)17-25-28-27(34)30-29-25)21(18-31)15-19-7-3-2-4-8-19/h2-4,7-8,11-12,16,21-22H,5-6,9-10,13-15,17-18H2,1H3,(H2,28,29,30,34)/t21-/m0/s1. The number of H-pyrrole nitrogens is 2. The number of aromatic nitrogens is 3. The number of hydrogen-bond acceptors (Lipinski definition) is 6. The molecule has 5 rings (SSSR count). The fourth-order valence-electron chi connectivity index (χ4n) is 5.25. The van der Waals surface area contributed by atoms with Crippen LogP contribution in [0.15, 0.2) is 53.3 Å². The van der Waals surface area contributed by atoms with Gasteiger partial charge in [-0.05, 0) is 49.8 Å². The number of aromatic amines is 2. The summed E-state index contributed by atoms with van der Waals surface area (Å²) in [5.74, 6) is 1.84. The van der Waals surface area contributed by atoms with Gasteiger partial charge in [-0.2, -0.15) is 5.10 Å². The van der Waals surface area contributed by atoms with Crippen molar-refractivity contribution >= 4 is 11.6 Å². The van der Waals surface area contributed by atoms with Crippen LogP contribution in [-0.4, -0.2) is 64.9 Å². The van der Waals surface area contributed by atoms with Gasteiger partial charge in [-0.15, -0.1) is 0 Å². The van der Waals surface area contributed by atoms with Crippen LogP contribution in [-0.2, 0) is 17.6 Å². The highest BCUT2D eigenvalue weighted by atomic mass is 16.5. The van der Waals surface area contributed by atoms with E-state index in [4.69, 9.17) is 9.47 Å². The van der Waals surface area contributed by atoms with Gasteiger partial charge in [0.25, 0.3) is 0 Å². The second-order valence-electron chi connectivity index (χ2n) is 9.54. The summed E-state index contributed by atoms with van der Waals surface area (Å²) < 4.78 is 11.9. The third-order valence-electron chi connectivity index (χ3n) is 7.09. The molecule has 3 aromatic rings. The van der Waals surface area contributed by atoms with Gasteiger partial charge in [0.15, 0.2) is 11.5 Å². The Labute approximate surface area is 210 Å². The van der Waals surface area contributed by atoms with Crippen LogP contribution in [0.3, 0.4) is 0 Å². The summed E-state index contributed by atoms with van der Waals surface area (Å²) in [7, 11) is 1.67. The van der Waals surface area contributed by atoms with Gasteiger partial charge in [-0.25, -0.2) is 9.89 Å². The van der Waals surface area contributed by atoms with Gasteiger partial charge < -0.3 is 19.3 Å². The molecule has 1 atom stereocenters. The highest BCUT2D eigenvalue weighted by Crippen LogP contribution is 2.35. The molecule has 190 valence electrons. The van der Waals surface area contributed by atoms with Crippen LogP contribution in [0.2, 0.25) is 0 Å². The summed E-state index contributed by atoms with van der Waals surface area (Å²) in [5.41, 5.74) is 1.83. The Balaban J connectivity index is 1.36. The normalized spacial score (nSPS) is 18.4. The van der Waals surface area contributed by atoms with E-state index in [1.165, 1.54) is 18.4 Å². The lowest BCUT2D eigenvalue weighted by Gasteiger charge is -2.43. The Morgan fingerprint density at radius 2 is 1.89 bits per heavy atom. The molecule has 1 amide bonds. The van der Waals surface area contributed by atoms with E-state index in [9.17, 15) is 9.59 Å². The molecule has 0 spiro atoms. The van der Waals surface area contributed by atoms with Gasteiger partial charge >= 0.3 is 5.69 Å². The van der Waals surface area contributed by atoms with Gasteiger partial charge in [0, 0.05) is 31.4 Å². The summed E-state index contributed by atoms with van der Waals surface area (Å²) in [6, 6.07) is 16.3. The number of hydrogen-bond donors (Lipinski definition) is 2. The largest absolute Gasteiger partial charge is 0.493 e. The Kier molecular flexibility index (Phi) is 7.25. The second kappa shape index (κ2) is 10.9. The summed E-state index contributed by atoms with van der Waals surface area (Å²) in [6.45, 7) is 1.96. The van der Waals surface area contributed by atoms with Crippen molar-refractivity contribution in [1.29, 1.82) is 0 Å².